The SMILES string of the molecule is CCC1CCC(CNC)NC1. The summed E-state index contributed by atoms with van der Waals surface area (Å²) in [5.74, 6) is 0.933. The average Bonchev–Trinajstić information content (AvgIpc) is 2.07. The average molecular weight is 156 g/mol. The molecule has 0 bridgehead atoms. The fourth-order valence-corrected chi connectivity index (χ4v) is 1.74. The maximum absolute atomic E-state index is 3.56. The summed E-state index contributed by atoms with van der Waals surface area (Å²) in [5.41, 5.74) is 0. The van der Waals surface area contributed by atoms with Crippen LogP contribution in [0.1, 0.15) is 26.2 Å². The number of hydrogen-bond acceptors (Lipinski definition) is 2. The van der Waals surface area contributed by atoms with Gasteiger partial charge in [-0.3, -0.25) is 0 Å². The van der Waals surface area contributed by atoms with Crippen molar-refractivity contribution in [3.63, 3.8) is 0 Å². The van der Waals surface area contributed by atoms with E-state index in [2.05, 4.69) is 17.6 Å². The Hall–Kier alpha value is -0.0800. The van der Waals surface area contributed by atoms with Gasteiger partial charge in [-0.05, 0) is 32.4 Å². The Labute approximate surface area is 69.8 Å². The lowest BCUT2D eigenvalue weighted by Crippen LogP contribution is -2.43. The molecule has 1 aliphatic rings. The fraction of sp³-hybridized carbons (Fsp3) is 1.00. The lowest BCUT2D eigenvalue weighted by Gasteiger charge is -2.29. The van der Waals surface area contributed by atoms with E-state index in [0.29, 0.717) is 0 Å². The molecule has 1 aliphatic heterocycles. The van der Waals surface area contributed by atoms with Crippen LogP contribution in [0.2, 0.25) is 0 Å². The molecule has 1 rings (SSSR count). The molecule has 0 radical (unpaired) electrons. The number of likely N-dealkylation sites (N-methyl/N-ethyl adjacent to an activating group) is 1. The van der Waals surface area contributed by atoms with Crippen LogP contribution in [0.3, 0.4) is 0 Å². The van der Waals surface area contributed by atoms with Crippen molar-refractivity contribution < 1.29 is 0 Å². The molecule has 1 saturated heterocycles. The van der Waals surface area contributed by atoms with Gasteiger partial charge in [-0.25, -0.2) is 0 Å². The Kier molecular flexibility index (Phi) is 3.87. The topological polar surface area (TPSA) is 24.1 Å². The maximum Gasteiger partial charge on any atom is 0.0192 e. The highest BCUT2D eigenvalue weighted by Gasteiger charge is 2.17. The molecule has 0 saturated carbocycles. The van der Waals surface area contributed by atoms with Gasteiger partial charge in [-0.15, -0.1) is 0 Å². The summed E-state index contributed by atoms with van der Waals surface area (Å²) < 4.78 is 0. The molecule has 2 nitrogen and oxygen atoms in total. The van der Waals surface area contributed by atoms with Crippen molar-refractivity contribution >= 4 is 0 Å². The third-order valence-electron chi connectivity index (χ3n) is 2.65. The second-order valence-electron chi connectivity index (χ2n) is 3.51. The highest BCUT2D eigenvalue weighted by Crippen LogP contribution is 2.16. The predicted molar refractivity (Wildman–Crippen MR) is 48.7 cm³/mol. The predicted octanol–water partition coefficient (Wildman–Crippen LogP) is 0.984. The lowest BCUT2D eigenvalue weighted by atomic mass is 9.93. The first-order valence-electron chi connectivity index (χ1n) is 4.74. The zero-order valence-electron chi connectivity index (χ0n) is 7.69. The van der Waals surface area contributed by atoms with Gasteiger partial charge in [-0.1, -0.05) is 13.3 Å². The quantitative estimate of drug-likeness (QED) is 0.636. The van der Waals surface area contributed by atoms with Crippen molar-refractivity contribution in [2.45, 2.75) is 32.2 Å². The van der Waals surface area contributed by atoms with Crippen LogP contribution in [0.5, 0.6) is 0 Å². The summed E-state index contributed by atoms with van der Waals surface area (Å²) in [4.78, 5) is 0. The number of hydrogen-bond donors (Lipinski definition) is 2. The van der Waals surface area contributed by atoms with Crippen molar-refractivity contribution in [2.75, 3.05) is 20.1 Å². The monoisotopic (exact) mass is 156 g/mol. The van der Waals surface area contributed by atoms with Crippen LogP contribution < -0.4 is 10.6 Å². The van der Waals surface area contributed by atoms with Gasteiger partial charge in [0.25, 0.3) is 0 Å². The van der Waals surface area contributed by atoms with Crippen molar-refractivity contribution in [3.8, 4) is 0 Å². The second-order valence-corrected chi connectivity index (χ2v) is 3.51. The number of nitrogens with one attached hydrogen (secondary N) is 2. The van der Waals surface area contributed by atoms with Crippen molar-refractivity contribution in [1.29, 1.82) is 0 Å². The minimum absolute atomic E-state index is 0.725. The van der Waals surface area contributed by atoms with Crippen LogP contribution in [0.4, 0.5) is 0 Å². The third kappa shape index (κ3) is 2.80. The van der Waals surface area contributed by atoms with Crippen LogP contribution in [0, 0.1) is 5.92 Å². The molecule has 0 aromatic heterocycles. The molecule has 2 heteroatoms. The first-order valence-corrected chi connectivity index (χ1v) is 4.74. The first-order chi connectivity index (χ1) is 5.36. The van der Waals surface area contributed by atoms with Crippen molar-refractivity contribution in [3.05, 3.63) is 0 Å². The van der Waals surface area contributed by atoms with Gasteiger partial charge in [0.05, 0.1) is 0 Å². The fourth-order valence-electron chi connectivity index (χ4n) is 1.74. The molecule has 0 aromatic carbocycles. The molecule has 2 atom stereocenters. The van der Waals surface area contributed by atoms with Gasteiger partial charge in [0.1, 0.15) is 0 Å². The molecule has 0 aliphatic carbocycles. The second kappa shape index (κ2) is 4.73. The van der Waals surface area contributed by atoms with Crippen LogP contribution in [-0.4, -0.2) is 26.2 Å². The van der Waals surface area contributed by atoms with Gasteiger partial charge in [-0.2, -0.15) is 0 Å². The summed E-state index contributed by atoms with van der Waals surface area (Å²) >= 11 is 0. The summed E-state index contributed by atoms with van der Waals surface area (Å²) in [6.07, 6.45) is 4.09. The standard InChI is InChI=1S/C9H20N2/c1-3-8-4-5-9(7-10-2)11-6-8/h8-11H,3-7H2,1-2H3. The summed E-state index contributed by atoms with van der Waals surface area (Å²) in [6, 6.07) is 0.725. The van der Waals surface area contributed by atoms with E-state index in [1.54, 1.807) is 0 Å². The van der Waals surface area contributed by atoms with Crippen LogP contribution in [0.15, 0.2) is 0 Å². The zero-order valence-corrected chi connectivity index (χ0v) is 7.69. The zero-order chi connectivity index (χ0) is 8.10. The Morgan fingerprint density at radius 1 is 1.45 bits per heavy atom. The minimum atomic E-state index is 0.725. The molecule has 11 heavy (non-hydrogen) atoms. The van der Waals surface area contributed by atoms with E-state index in [9.17, 15) is 0 Å². The van der Waals surface area contributed by atoms with E-state index in [1.165, 1.54) is 25.8 Å². The number of piperidine rings is 1. The Morgan fingerprint density at radius 2 is 2.27 bits per heavy atom. The summed E-state index contributed by atoms with van der Waals surface area (Å²) in [6.45, 7) is 4.63. The van der Waals surface area contributed by atoms with Crippen molar-refractivity contribution in [1.82, 2.24) is 10.6 Å². The largest absolute Gasteiger partial charge is 0.318 e. The molecule has 0 aromatic rings. The van der Waals surface area contributed by atoms with Gasteiger partial charge < -0.3 is 10.6 Å². The van der Waals surface area contributed by atoms with E-state index in [0.717, 1.165) is 18.5 Å². The van der Waals surface area contributed by atoms with E-state index in [4.69, 9.17) is 0 Å². The molecule has 1 fully saturated rings. The van der Waals surface area contributed by atoms with Crippen LogP contribution in [0.25, 0.3) is 0 Å². The Balaban J connectivity index is 2.14. The normalized spacial score (nSPS) is 32.2. The summed E-state index contributed by atoms with van der Waals surface area (Å²) in [7, 11) is 2.02. The van der Waals surface area contributed by atoms with Crippen LogP contribution >= 0.6 is 0 Å². The Bertz CT molecular complexity index is 95.7. The third-order valence-corrected chi connectivity index (χ3v) is 2.65. The highest BCUT2D eigenvalue weighted by atomic mass is 15.0. The van der Waals surface area contributed by atoms with E-state index >= 15 is 0 Å². The minimum Gasteiger partial charge on any atom is -0.318 e. The van der Waals surface area contributed by atoms with E-state index in [-0.39, 0.29) is 0 Å². The van der Waals surface area contributed by atoms with Gasteiger partial charge in [0.15, 0.2) is 0 Å². The van der Waals surface area contributed by atoms with Gasteiger partial charge in [0.2, 0.25) is 0 Å². The van der Waals surface area contributed by atoms with E-state index < -0.39 is 0 Å². The summed E-state index contributed by atoms with van der Waals surface area (Å²) in [5, 5.41) is 6.77. The molecular weight excluding hydrogens is 136 g/mol. The molecule has 66 valence electrons. The van der Waals surface area contributed by atoms with Crippen molar-refractivity contribution in [2.24, 2.45) is 5.92 Å². The van der Waals surface area contributed by atoms with E-state index in [1.807, 2.05) is 7.05 Å². The molecule has 0 spiro atoms. The lowest BCUT2D eigenvalue weighted by molar-refractivity contribution is 0.300. The Morgan fingerprint density at radius 3 is 2.73 bits per heavy atom. The smallest absolute Gasteiger partial charge is 0.0192 e. The first kappa shape index (κ1) is 9.01. The molecular formula is C9H20N2. The molecule has 0 amide bonds. The highest BCUT2D eigenvalue weighted by molar-refractivity contribution is 4.78. The number of rotatable bonds is 3. The maximum atomic E-state index is 3.56. The van der Waals surface area contributed by atoms with Gasteiger partial charge in [0, 0.05) is 12.6 Å². The van der Waals surface area contributed by atoms with Gasteiger partial charge >= 0.3 is 0 Å². The van der Waals surface area contributed by atoms with Crippen LogP contribution in [-0.2, 0) is 0 Å². The molecule has 2 N–H and O–H groups in total. The molecule has 1 heterocycles. The molecule has 2 unspecified atom stereocenters.